The lowest BCUT2D eigenvalue weighted by Gasteiger charge is -2.33. The van der Waals surface area contributed by atoms with Crippen molar-refractivity contribution in [2.24, 2.45) is 0 Å². The highest BCUT2D eigenvalue weighted by molar-refractivity contribution is 7.10. The van der Waals surface area contributed by atoms with Gasteiger partial charge in [0.15, 0.2) is 0 Å². The van der Waals surface area contributed by atoms with Crippen LogP contribution in [0.25, 0.3) is 0 Å². The van der Waals surface area contributed by atoms with Gasteiger partial charge >= 0.3 is 0 Å². The number of carbonyl (C=O) groups is 3. The van der Waals surface area contributed by atoms with Crippen molar-refractivity contribution in [1.82, 2.24) is 15.5 Å². The minimum atomic E-state index is -0.319. The van der Waals surface area contributed by atoms with Gasteiger partial charge in [0.05, 0.1) is 26.0 Å². The topological polar surface area (TPSA) is 87.7 Å². The second-order valence-electron chi connectivity index (χ2n) is 7.68. The lowest BCUT2D eigenvalue weighted by atomic mass is 10.0. The number of rotatable bonds is 8. The van der Waals surface area contributed by atoms with Crippen LogP contribution in [-0.4, -0.2) is 48.9 Å². The van der Waals surface area contributed by atoms with Crippen LogP contribution in [0.3, 0.4) is 0 Å². The van der Waals surface area contributed by atoms with Crippen molar-refractivity contribution in [2.75, 3.05) is 20.2 Å². The van der Waals surface area contributed by atoms with Crippen molar-refractivity contribution in [2.45, 2.75) is 44.7 Å². The molecule has 1 aromatic carbocycles. The third kappa shape index (κ3) is 6.55. The summed E-state index contributed by atoms with van der Waals surface area (Å²) in [6.07, 6.45) is 1.94. The Bertz CT molecular complexity index is 892. The molecule has 166 valence electrons. The standard InChI is InChI=1S/C23H29N3O4S/c1-16(27)24-19(21-8-5-13-31-21)15-22(28)25-18-9-11-26(12-10-18)23(29)14-17-6-3-4-7-20(17)30-2/h3-8,13,18-19H,9-12,14-15H2,1-2H3,(H,24,27)(H,25,28). The molecule has 3 rings (SSSR count). The summed E-state index contributed by atoms with van der Waals surface area (Å²) < 4.78 is 5.33. The van der Waals surface area contributed by atoms with Gasteiger partial charge in [-0.1, -0.05) is 24.3 Å². The van der Waals surface area contributed by atoms with Gasteiger partial charge in [-0.2, -0.15) is 0 Å². The Labute approximate surface area is 186 Å². The third-order valence-corrected chi connectivity index (χ3v) is 6.39. The number of para-hydroxylation sites is 1. The normalized spacial score (nSPS) is 15.2. The predicted octanol–water partition coefficient (Wildman–Crippen LogP) is 2.67. The zero-order valence-corrected chi connectivity index (χ0v) is 18.7. The van der Waals surface area contributed by atoms with Gasteiger partial charge in [-0.05, 0) is 30.4 Å². The lowest BCUT2D eigenvalue weighted by molar-refractivity contribution is -0.131. The number of methoxy groups -OCH3 is 1. The molecule has 1 aliphatic heterocycles. The number of hydrogen-bond acceptors (Lipinski definition) is 5. The number of nitrogens with one attached hydrogen (secondary N) is 2. The van der Waals surface area contributed by atoms with Crippen LogP contribution in [0, 0.1) is 0 Å². The molecular weight excluding hydrogens is 414 g/mol. The van der Waals surface area contributed by atoms with Crippen molar-refractivity contribution in [3.05, 3.63) is 52.2 Å². The summed E-state index contributed by atoms with van der Waals surface area (Å²) in [5, 5.41) is 7.85. The summed E-state index contributed by atoms with van der Waals surface area (Å²) >= 11 is 1.52. The van der Waals surface area contributed by atoms with E-state index in [2.05, 4.69) is 10.6 Å². The summed E-state index contributed by atoms with van der Waals surface area (Å²) in [5.74, 6) is 0.536. The minimum Gasteiger partial charge on any atom is -0.496 e. The SMILES string of the molecule is COc1ccccc1CC(=O)N1CCC(NC(=O)CC(NC(C)=O)c2cccs2)CC1. The van der Waals surface area contributed by atoms with Crippen molar-refractivity contribution >= 4 is 29.1 Å². The molecule has 2 N–H and O–H groups in total. The molecule has 2 heterocycles. The first kappa shape index (κ1) is 22.8. The van der Waals surface area contributed by atoms with Crippen molar-refractivity contribution in [1.29, 1.82) is 0 Å². The molecular formula is C23H29N3O4S. The molecule has 1 fully saturated rings. The Morgan fingerprint density at radius 2 is 1.90 bits per heavy atom. The summed E-state index contributed by atoms with van der Waals surface area (Å²) in [6.45, 7) is 2.67. The van der Waals surface area contributed by atoms with Gasteiger partial charge in [-0.3, -0.25) is 14.4 Å². The number of carbonyl (C=O) groups excluding carboxylic acids is 3. The van der Waals surface area contributed by atoms with Crippen LogP contribution < -0.4 is 15.4 Å². The maximum Gasteiger partial charge on any atom is 0.227 e. The maximum atomic E-state index is 12.7. The Balaban J connectivity index is 1.47. The van der Waals surface area contributed by atoms with E-state index in [1.165, 1.54) is 18.3 Å². The van der Waals surface area contributed by atoms with Gasteiger partial charge < -0.3 is 20.3 Å². The first-order valence-electron chi connectivity index (χ1n) is 10.5. The number of thiophene rings is 1. The van der Waals surface area contributed by atoms with E-state index in [9.17, 15) is 14.4 Å². The molecule has 1 atom stereocenters. The molecule has 0 saturated carbocycles. The fourth-order valence-electron chi connectivity index (χ4n) is 3.83. The Hall–Kier alpha value is -2.87. The first-order chi connectivity index (χ1) is 15.0. The maximum absolute atomic E-state index is 12.7. The van der Waals surface area contributed by atoms with E-state index in [0.717, 1.165) is 16.2 Å². The average molecular weight is 444 g/mol. The third-order valence-electron chi connectivity index (χ3n) is 5.40. The highest BCUT2D eigenvalue weighted by atomic mass is 32.1. The quantitative estimate of drug-likeness (QED) is 0.657. The Kier molecular flexibility index (Phi) is 8.06. The van der Waals surface area contributed by atoms with Crippen LogP contribution >= 0.6 is 11.3 Å². The van der Waals surface area contributed by atoms with Crippen molar-refractivity contribution < 1.29 is 19.1 Å². The summed E-state index contributed by atoms with van der Waals surface area (Å²) in [7, 11) is 1.60. The van der Waals surface area contributed by atoms with E-state index < -0.39 is 0 Å². The largest absolute Gasteiger partial charge is 0.496 e. The summed E-state index contributed by atoms with van der Waals surface area (Å²) in [5.41, 5.74) is 0.878. The average Bonchev–Trinajstić information content (AvgIpc) is 3.29. The van der Waals surface area contributed by atoms with E-state index in [1.807, 2.05) is 46.7 Å². The van der Waals surface area contributed by atoms with Gasteiger partial charge in [0.25, 0.3) is 0 Å². The Morgan fingerprint density at radius 1 is 1.16 bits per heavy atom. The lowest BCUT2D eigenvalue weighted by Crippen LogP contribution is -2.47. The van der Waals surface area contributed by atoms with Crippen LogP contribution in [0.5, 0.6) is 5.75 Å². The van der Waals surface area contributed by atoms with E-state index in [0.29, 0.717) is 32.4 Å². The van der Waals surface area contributed by atoms with Crippen molar-refractivity contribution in [3.8, 4) is 5.75 Å². The molecule has 8 heteroatoms. The summed E-state index contributed by atoms with van der Waals surface area (Å²) in [4.78, 5) is 39.6. The van der Waals surface area contributed by atoms with Gasteiger partial charge in [-0.15, -0.1) is 11.3 Å². The molecule has 7 nitrogen and oxygen atoms in total. The molecule has 31 heavy (non-hydrogen) atoms. The number of likely N-dealkylation sites (tertiary alicyclic amines) is 1. The molecule has 2 aromatic rings. The number of hydrogen-bond donors (Lipinski definition) is 2. The fourth-order valence-corrected chi connectivity index (χ4v) is 4.60. The van der Waals surface area contributed by atoms with Crippen LogP contribution in [0.2, 0.25) is 0 Å². The van der Waals surface area contributed by atoms with Crippen LogP contribution in [0.1, 0.15) is 42.7 Å². The van der Waals surface area contributed by atoms with Gasteiger partial charge in [-0.25, -0.2) is 0 Å². The molecule has 0 aliphatic carbocycles. The molecule has 0 bridgehead atoms. The highest BCUT2D eigenvalue weighted by Crippen LogP contribution is 2.23. The second kappa shape index (κ2) is 10.9. The summed E-state index contributed by atoms with van der Waals surface area (Å²) in [6, 6.07) is 11.1. The van der Waals surface area contributed by atoms with Gasteiger partial charge in [0.1, 0.15) is 5.75 Å². The molecule has 1 aliphatic rings. The number of benzene rings is 1. The molecule has 3 amide bonds. The Morgan fingerprint density at radius 3 is 2.55 bits per heavy atom. The number of piperidine rings is 1. The van der Waals surface area contributed by atoms with E-state index in [-0.39, 0.29) is 36.2 Å². The van der Waals surface area contributed by atoms with Gasteiger partial charge in [0.2, 0.25) is 17.7 Å². The highest BCUT2D eigenvalue weighted by Gasteiger charge is 2.26. The molecule has 1 unspecified atom stereocenters. The van der Waals surface area contributed by atoms with Crippen LogP contribution in [0.4, 0.5) is 0 Å². The zero-order valence-electron chi connectivity index (χ0n) is 17.9. The molecule has 0 radical (unpaired) electrons. The zero-order chi connectivity index (χ0) is 22.2. The predicted molar refractivity (Wildman–Crippen MR) is 120 cm³/mol. The smallest absolute Gasteiger partial charge is 0.227 e. The van der Waals surface area contributed by atoms with E-state index in [4.69, 9.17) is 4.74 Å². The van der Waals surface area contributed by atoms with E-state index in [1.54, 1.807) is 7.11 Å². The van der Waals surface area contributed by atoms with Gasteiger partial charge in [0, 0.05) is 36.5 Å². The first-order valence-corrected chi connectivity index (χ1v) is 11.3. The number of nitrogens with zero attached hydrogens (tertiary/aromatic N) is 1. The fraction of sp³-hybridized carbons (Fsp3) is 0.435. The van der Waals surface area contributed by atoms with Crippen molar-refractivity contribution in [3.63, 3.8) is 0 Å². The van der Waals surface area contributed by atoms with E-state index >= 15 is 0 Å². The van der Waals surface area contributed by atoms with Crippen LogP contribution in [-0.2, 0) is 20.8 Å². The monoisotopic (exact) mass is 443 g/mol. The van der Waals surface area contributed by atoms with Crippen LogP contribution in [0.15, 0.2) is 41.8 Å². The molecule has 0 spiro atoms. The number of ether oxygens (including phenoxy) is 1. The second-order valence-corrected chi connectivity index (χ2v) is 8.66. The molecule has 1 aromatic heterocycles. The molecule has 1 saturated heterocycles. The minimum absolute atomic E-state index is 0.0316. The number of amides is 3.